The third kappa shape index (κ3) is 25.0. The van der Waals surface area contributed by atoms with E-state index in [0.29, 0.717) is 30.5 Å². The monoisotopic (exact) mass is 1480 g/mol. The van der Waals surface area contributed by atoms with E-state index in [0.717, 1.165) is 29.9 Å². The summed E-state index contributed by atoms with van der Waals surface area (Å²) in [6.45, 7) is 39.0. The predicted molar refractivity (Wildman–Crippen MR) is 381 cm³/mol. The van der Waals surface area contributed by atoms with Crippen molar-refractivity contribution in [1.29, 1.82) is 0 Å². The van der Waals surface area contributed by atoms with Crippen molar-refractivity contribution in [3.8, 4) is 24.7 Å². The minimum Gasteiger partial charge on any atom is -0.414 e. The van der Waals surface area contributed by atoms with Crippen molar-refractivity contribution in [2.75, 3.05) is 68.4 Å². The average Bonchev–Trinajstić information content (AvgIpc) is 1.57. The molecule has 0 amide bonds. The van der Waals surface area contributed by atoms with E-state index in [4.69, 9.17) is 55.1 Å². The van der Waals surface area contributed by atoms with Crippen LogP contribution in [0.3, 0.4) is 0 Å². The Kier molecular flexibility index (Phi) is 30.9. The SMILES string of the molecule is C#C[C@@]1(F)C[C@@H](COP(=O)(OCCSC(=O)C(C)(C)C)OCCSC(=O)C(C)(C)C)O[C@H]1n1cnc2c(=O)[nH]c(N)nc21.C#C[C@@]1(F)C[C@@H](CO[Si](C)(C)C(C)(C)C)O[C@H]1n1cnc2c(=O)[nH]c(C)nc21.CC(C)NP(OCCSC(=O)C(C)(C)C)OCCSC(=O)C(C)(C)C. The van der Waals surface area contributed by atoms with Crippen molar-refractivity contribution in [2.24, 2.45) is 21.7 Å². The van der Waals surface area contributed by atoms with Crippen LogP contribution in [0.1, 0.15) is 149 Å². The van der Waals surface area contributed by atoms with Gasteiger partial charge in [0.05, 0.1) is 64.5 Å². The molecule has 2 fully saturated rings. The molecule has 6 rings (SSSR count). The largest absolute Gasteiger partial charge is 0.474 e. The molecule has 4 aromatic rings. The van der Waals surface area contributed by atoms with Gasteiger partial charge in [0.2, 0.25) is 17.3 Å². The number of thioether (sulfide) groups is 4. The van der Waals surface area contributed by atoms with Gasteiger partial charge in [-0.2, -0.15) is 4.98 Å². The van der Waals surface area contributed by atoms with Gasteiger partial charge in [-0.25, -0.2) is 33.4 Å². The summed E-state index contributed by atoms with van der Waals surface area (Å²) in [5.41, 5.74) is -1.35. The van der Waals surface area contributed by atoms with Gasteiger partial charge in [-0.15, -0.1) is 12.8 Å². The van der Waals surface area contributed by atoms with E-state index in [2.05, 4.69) is 80.7 Å². The molecule has 0 unspecified atom stereocenters. The average molecular weight is 1480 g/mol. The molecule has 6 atom stereocenters. The quantitative estimate of drug-likeness (QED) is 0.0196. The number of nitrogens with one attached hydrogen (secondary N) is 3. The normalized spacial score (nSPS) is 20.4. The Bertz CT molecular complexity index is 3500. The molecule has 0 radical (unpaired) electrons. The number of aromatic nitrogens is 8. The van der Waals surface area contributed by atoms with Crippen LogP contribution in [0, 0.1) is 53.3 Å². The number of rotatable bonds is 26. The van der Waals surface area contributed by atoms with Gasteiger partial charge in [-0.05, 0) is 38.9 Å². The molecular formula is C62H98F2N10O15P2S4Si. The molecule has 34 heteroatoms. The third-order valence-electron chi connectivity index (χ3n) is 14.3. The Labute approximate surface area is 581 Å². The molecule has 0 aliphatic carbocycles. The lowest BCUT2D eigenvalue weighted by Crippen LogP contribution is -2.42. The van der Waals surface area contributed by atoms with Crippen LogP contribution >= 0.6 is 63.4 Å². The van der Waals surface area contributed by atoms with Gasteiger partial charge in [-0.1, -0.05) is 163 Å². The first-order chi connectivity index (χ1) is 44.1. The van der Waals surface area contributed by atoms with Gasteiger partial charge < -0.3 is 33.7 Å². The van der Waals surface area contributed by atoms with Crippen LogP contribution < -0.4 is 21.9 Å². The summed E-state index contributed by atoms with van der Waals surface area (Å²) < 4.78 is 93.5. The Balaban J connectivity index is 0.000000322. The van der Waals surface area contributed by atoms with Crippen molar-refractivity contribution in [3.05, 3.63) is 39.2 Å². The molecule has 538 valence electrons. The number of phosphoric ester groups is 1. The van der Waals surface area contributed by atoms with Crippen molar-refractivity contribution in [2.45, 2.75) is 198 Å². The van der Waals surface area contributed by atoms with E-state index in [1.54, 1.807) is 48.5 Å². The van der Waals surface area contributed by atoms with Crippen LogP contribution in [0.25, 0.3) is 22.3 Å². The molecule has 4 aromatic heterocycles. The standard InChI is InChI=1S/C26H37FN5O8PS2.C19H27FN4O3Si.C17H34NO4PS2/c1-8-26(27)13-16(40-20(26)32-15-29-17-18(32)30-23(28)31-19(17)33)14-39-41(36,37-9-11-42-21(34)24(2,3)4)38-10-12-43-22(35)25(5,6)7;1-8-19(20)9-13(10-26-28(6,7)18(3,4)5)27-17(19)24-11-21-14-15(24)22-12(2)23-16(14)25;1-13(2)18-23(21-9-11-24-14(19)16(3,4)5)22-10-12-25-15(20)17(6,7)8/h1,15-16,20H,9-14H2,2-7H3,(H3,28,30,31,33);1,11,13,17H,9-10H2,2-7H3,(H,22,23,25);13,18H,9-12H2,1-8H3/t16-,20+,26+;13-,17+,19+;/m00./s1. The summed E-state index contributed by atoms with van der Waals surface area (Å²) in [5.74, 6) is 6.09. The van der Waals surface area contributed by atoms with Crippen molar-refractivity contribution in [3.63, 3.8) is 0 Å². The number of H-pyrrole nitrogens is 2. The number of alkyl halides is 2. The molecular weight excluding hydrogens is 1380 g/mol. The Hall–Kier alpha value is -3.92. The minimum atomic E-state index is -4.25. The number of aromatic amines is 2. The summed E-state index contributed by atoms with van der Waals surface area (Å²) in [4.78, 5) is 93.7. The highest BCUT2D eigenvalue weighted by Crippen LogP contribution is 2.52. The number of carbonyl (C=O) groups excluding carboxylic acids is 4. The van der Waals surface area contributed by atoms with Gasteiger partial charge in [0, 0.05) is 63.6 Å². The zero-order valence-corrected chi connectivity index (χ0v) is 64.9. The molecule has 0 saturated carbocycles. The van der Waals surface area contributed by atoms with E-state index < -0.39 is 83.7 Å². The number of nitrogens with two attached hydrogens (primary N) is 1. The summed E-state index contributed by atoms with van der Waals surface area (Å²) >= 11 is 4.62. The zero-order chi connectivity index (χ0) is 72.8. The molecule has 6 heterocycles. The molecule has 2 saturated heterocycles. The second-order valence-corrected chi connectivity index (χ2v) is 40.7. The van der Waals surface area contributed by atoms with Crippen LogP contribution in [0.5, 0.6) is 0 Å². The Morgan fingerprint density at radius 1 is 0.688 bits per heavy atom. The maximum absolute atomic E-state index is 15.9. The molecule has 2 aliphatic heterocycles. The Morgan fingerprint density at radius 3 is 1.44 bits per heavy atom. The molecule has 0 aromatic carbocycles. The fourth-order valence-corrected chi connectivity index (χ4v) is 15.0. The number of carbonyl (C=O) groups is 4. The van der Waals surface area contributed by atoms with Gasteiger partial charge in [-0.3, -0.25) is 56.5 Å². The number of hydrogen-bond donors (Lipinski definition) is 4. The first-order valence-electron chi connectivity index (χ1n) is 31.1. The number of phosphoric acid groups is 1. The lowest BCUT2D eigenvalue weighted by atomic mass is 9.99. The fourth-order valence-electron chi connectivity index (χ4n) is 7.96. The molecule has 2 aliphatic rings. The second-order valence-electron chi connectivity index (χ2n) is 28.6. The number of terminal acetylenes is 2. The lowest BCUT2D eigenvalue weighted by molar-refractivity contribution is -0.118. The number of aryl methyl sites for hydroxylation is 1. The smallest absolute Gasteiger partial charge is 0.414 e. The number of fused-ring (bicyclic) bond motifs is 2. The second kappa shape index (κ2) is 35.1. The minimum absolute atomic E-state index is 0.00460. The lowest BCUT2D eigenvalue weighted by Gasteiger charge is -2.36. The third-order valence-corrected chi connectivity index (χ3v) is 26.8. The topological polar surface area (TPSA) is 324 Å². The van der Waals surface area contributed by atoms with Crippen molar-refractivity contribution >= 4 is 120 Å². The number of ether oxygens (including phenoxy) is 2. The summed E-state index contributed by atoms with van der Waals surface area (Å²) in [7, 11) is -7.48. The highest BCUT2D eigenvalue weighted by atomic mass is 32.2. The number of anilines is 1. The van der Waals surface area contributed by atoms with E-state index >= 15 is 8.78 Å². The van der Waals surface area contributed by atoms with Crippen LogP contribution in [-0.2, 0) is 60.3 Å². The molecule has 25 nitrogen and oxygen atoms in total. The van der Waals surface area contributed by atoms with Crippen LogP contribution in [-0.4, -0.2) is 160 Å². The van der Waals surface area contributed by atoms with Gasteiger partial charge in [0.15, 0.2) is 63.6 Å². The van der Waals surface area contributed by atoms with Crippen LogP contribution in [0.2, 0.25) is 18.1 Å². The maximum atomic E-state index is 15.9. The summed E-state index contributed by atoms with van der Waals surface area (Å²) in [6, 6.07) is 0.235. The zero-order valence-electron chi connectivity index (χ0n) is 58.8. The maximum Gasteiger partial charge on any atom is 0.474 e. The number of hydrogen-bond acceptors (Lipinski definition) is 25. The van der Waals surface area contributed by atoms with E-state index in [9.17, 15) is 33.3 Å². The highest BCUT2D eigenvalue weighted by molar-refractivity contribution is 8.14. The number of nitrogen functional groups attached to an aromatic ring is 1. The first kappa shape index (κ1) is 84.5. The Morgan fingerprint density at radius 2 is 1.06 bits per heavy atom. The van der Waals surface area contributed by atoms with E-state index in [1.165, 1.54) is 39.0 Å². The first-order valence-corrected chi connectivity index (χ1v) is 40.6. The summed E-state index contributed by atoms with van der Waals surface area (Å²) in [5, 5.41) is 3.46. The number of halogens is 2. The van der Waals surface area contributed by atoms with Gasteiger partial charge >= 0.3 is 7.82 Å². The predicted octanol–water partition coefficient (Wildman–Crippen LogP) is 12.0. The number of imidazole rings is 2. The van der Waals surface area contributed by atoms with E-state index in [-0.39, 0.29) is 120 Å². The van der Waals surface area contributed by atoms with Crippen LogP contribution in [0.4, 0.5) is 14.7 Å². The van der Waals surface area contributed by atoms with E-state index in [1.807, 2.05) is 55.4 Å². The molecule has 96 heavy (non-hydrogen) atoms. The highest BCUT2D eigenvalue weighted by Gasteiger charge is 2.53. The van der Waals surface area contributed by atoms with Gasteiger partial charge in [0.1, 0.15) is 5.82 Å². The van der Waals surface area contributed by atoms with Gasteiger partial charge in [0.25, 0.3) is 19.6 Å². The number of nitrogens with zero attached hydrogens (tertiary/aromatic N) is 6. The summed E-state index contributed by atoms with van der Waals surface area (Å²) in [6.07, 6.45) is 9.11. The molecule has 5 N–H and O–H groups in total. The molecule has 0 bridgehead atoms. The van der Waals surface area contributed by atoms with Crippen molar-refractivity contribution < 1.29 is 69.0 Å². The fraction of sp³-hybridized carbons (Fsp3) is 0.710. The van der Waals surface area contributed by atoms with Crippen molar-refractivity contribution in [1.82, 2.24) is 44.1 Å². The van der Waals surface area contributed by atoms with Crippen LogP contribution in [0.15, 0.2) is 22.2 Å². The molecule has 0 spiro atoms.